The zero-order valence-electron chi connectivity index (χ0n) is 17.5. The van der Waals surface area contributed by atoms with Gasteiger partial charge in [0.05, 0.1) is 16.2 Å². The van der Waals surface area contributed by atoms with E-state index in [-0.39, 0.29) is 35.7 Å². The molecule has 0 heterocycles. The molecule has 152 valence electrons. The number of hydrogen-bond acceptors (Lipinski definition) is 4. The van der Waals surface area contributed by atoms with Crippen LogP contribution in [-0.2, 0) is 10.1 Å². The Balaban J connectivity index is 0. The predicted octanol–water partition coefficient (Wildman–Crippen LogP) is 2.55. The number of hydrogen-bond donors (Lipinski definition) is 1. The second-order valence-electron chi connectivity index (χ2n) is 7.46. The third-order valence-corrected chi connectivity index (χ3v) is 6.28. The van der Waals surface area contributed by atoms with Gasteiger partial charge in [-0.3, -0.25) is 0 Å². The van der Waals surface area contributed by atoms with Crippen LogP contribution in [0.15, 0.2) is 0 Å². The van der Waals surface area contributed by atoms with Crippen molar-refractivity contribution in [3.63, 3.8) is 0 Å². The third-order valence-electron chi connectivity index (χ3n) is 4.99. The Bertz CT molecular complexity index is 387. The van der Waals surface area contributed by atoms with Crippen LogP contribution in [-0.4, -0.2) is 29.4 Å². The molecule has 0 aliphatic carbocycles. The maximum Gasteiger partial charge on any atom is 1.00 e. The second kappa shape index (κ2) is 19.2. The van der Waals surface area contributed by atoms with Gasteiger partial charge in [0.15, 0.2) is 0 Å². The first kappa shape index (κ1) is 29.1. The van der Waals surface area contributed by atoms with E-state index < -0.39 is 15.4 Å². The summed E-state index contributed by atoms with van der Waals surface area (Å²) in [6, 6.07) is 0. The molecule has 0 aromatic carbocycles. The number of aliphatic hydroxyl groups is 1. The summed E-state index contributed by atoms with van der Waals surface area (Å²) in [7, 11) is -4.13. The van der Waals surface area contributed by atoms with E-state index in [1.807, 2.05) is 6.92 Å². The Morgan fingerprint density at radius 3 is 1.50 bits per heavy atom. The fourth-order valence-corrected chi connectivity index (χ4v) is 4.17. The van der Waals surface area contributed by atoms with Gasteiger partial charge in [0.25, 0.3) is 0 Å². The SMILES string of the molecule is CCCCC(O)CCCCCCCCCCC(CCCC)S(=O)(=O)[O-].[Na+]. The topological polar surface area (TPSA) is 77.4 Å². The summed E-state index contributed by atoms with van der Waals surface area (Å²) in [4.78, 5) is 0. The molecule has 0 rings (SSSR count). The van der Waals surface area contributed by atoms with Gasteiger partial charge < -0.3 is 9.66 Å². The Labute approximate surface area is 185 Å². The molecule has 0 saturated carbocycles. The van der Waals surface area contributed by atoms with E-state index in [0.717, 1.165) is 64.2 Å². The van der Waals surface area contributed by atoms with Crippen LogP contribution in [0.1, 0.15) is 117 Å². The maximum atomic E-state index is 11.2. The van der Waals surface area contributed by atoms with Crippen LogP contribution in [0.2, 0.25) is 0 Å². The summed E-state index contributed by atoms with van der Waals surface area (Å²) in [6.07, 6.45) is 15.7. The molecule has 0 saturated heterocycles. The van der Waals surface area contributed by atoms with Gasteiger partial charge in [0.1, 0.15) is 0 Å². The molecule has 0 fully saturated rings. The van der Waals surface area contributed by atoms with Crippen molar-refractivity contribution < 1.29 is 47.6 Å². The van der Waals surface area contributed by atoms with Crippen molar-refractivity contribution >= 4 is 10.1 Å². The van der Waals surface area contributed by atoms with Crippen LogP contribution in [0.25, 0.3) is 0 Å². The predicted molar refractivity (Wildman–Crippen MR) is 105 cm³/mol. The molecule has 0 aliphatic rings. The summed E-state index contributed by atoms with van der Waals surface area (Å²) in [5.74, 6) is 0. The first-order chi connectivity index (χ1) is 11.9. The molecule has 4 nitrogen and oxygen atoms in total. The summed E-state index contributed by atoms with van der Waals surface area (Å²) in [5.41, 5.74) is 0. The Morgan fingerprint density at radius 1 is 0.692 bits per heavy atom. The van der Waals surface area contributed by atoms with Gasteiger partial charge in [0, 0.05) is 5.25 Å². The van der Waals surface area contributed by atoms with Crippen LogP contribution >= 0.6 is 0 Å². The fraction of sp³-hybridized carbons (Fsp3) is 1.00. The van der Waals surface area contributed by atoms with Gasteiger partial charge in [0.2, 0.25) is 0 Å². The van der Waals surface area contributed by atoms with E-state index in [1.165, 1.54) is 25.7 Å². The van der Waals surface area contributed by atoms with Gasteiger partial charge in [-0.1, -0.05) is 90.9 Å². The van der Waals surface area contributed by atoms with Gasteiger partial charge in [-0.25, -0.2) is 8.42 Å². The number of rotatable bonds is 18. The Morgan fingerprint density at radius 2 is 1.04 bits per heavy atom. The first-order valence-corrected chi connectivity index (χ1v) is 12.0. The molecular weight excluding hydrogens is 359 g/mol. The van der Waals surface area contributed by atoms with E-state index in [9.17, 15) is 18.1 Å². The van der Waals surface area contributed by atoms with E-state index in [4.69, 9.17) is 0 Å². The number of aliphatic hydroxyl groups excluding tert-OH is 1. The van der Waals surface area contributed by atoms with Crippen molar-refractivity contribution in [3.05, 3.63) is 0 Å². The quantitative estimate of drug-likeness (QED) is 0.218. The van der Waals surface area contributed by atoms with E-state index in [0.29, 0.717) is 12.8 Å². The van der Waals surface area contributed by atoms with Crippen molar-refractivity contribution in [3.8, 4) is 0 Å². The van der Waals surface area contributed by atoms with Gasteiger partial charge in [-0.2, -0.15) is 0 Å². The van der Waals surface area contributed by atoms with Crippen LogP contribution in [0.4, 0.5) is 0 Å². The minimum absolute atomic E-state index is 0. The van der Waals surface area contributed by atoms with Gasteiger partial charge in [-0.05, 0) is 25.7 Å². The van der Waals surface area contributed by atoms with Crippen molar-refractivity contribution in [2.45, 2.75) is 128 Å². The maximum absolute atomic E-state index is 11.2. The van der Waals surface area contributed by atoms with Crippen LogP contribution in [0.3, 0.4) is 0 Å². The average Bonchev–Trinajstić information content (AvgIpc) is 2.56. The fourth-order valence-electron chi connectivity index (χ4n) is 3.26. The standard InChI is InChI=1S/C20H42O4S.Na/c1-3-5-15-19(21)16-13-11-9-7-8-10-12-14-18-20(17-6-4-2)25(22,23)24;/h19-21H,3-18H2,1-2H3,(H,22,23,24);/q;+1/p-1. The second-order valence-corrected chi connectivity index (χ2v) is 9.11. The summed E-state index contributed by atoms with van der Waals surface area (Å²) in [5, 5.41) is 9.10. The van der Waals surface area contributed by atoms with Crippen molar-refractivity contribution in [1.82, 2.24) is 0 Å². The van der Waals surface area contributed by atoms with E-state index in [1.54, 1.807) is 0 Å². The zero-order valence-corrected chi connectivity index (χ0v) is 20.4. The molecule has 2 atom stereocenters. The molecule has 0 aliphatic heterocycles. The Kier molecular flexibility index (Phi) is 21.5. The molecular formula is C20H41NaO4S. The molecule has 26 heavy (non-hydrogen) atoms. The van der Waals surface area contributed by atoms with Gasteiger partial charge in [-0.15, -0.1) is 0 Å². The molecule has 0 bridgehead atoms. The molecule has 0 aromatic heterocycles. The monoisotopic (exact) mass is 400 g/mol. The molecule has 6 heteroatoms. The Hall–Kier alpha value is 0.870. The van der Waals surface area contributed by atoms with E-state index in [2.05, 4.69) is 6.92 Å². The molecule has 2 unspecified atom stereocenters. The van der Waals surface area contributed by atoms with Gasteiger partial charge >= 0.3 is 29.6 Å². The average molecular weight is 401 g/mol. The largest absolute Gasteiger partial charge is 1.00 e. The molecule has 0 aromatic rings. The molecule has 0 radical (unpaired) electrons. The first-order valence-electron chi connectivity index (χ1n) is 10.5. The molecule has 0 amide bonds. The van der Waals surface area contributed by atoms with Crippen molar-refractivity contribution in [2.24, 2.45) is 0 Å². The van der Waals surface area contributed by atoms with Crippen LogP contribution in [0.5, 0.6) is 0 Å². The van der Waals surface area contributed by atoms with Crippen molar-refractivity contribution in [1.29, 1.82) is 0 Å². The zero-order chi connectivity index (χ0) is 19.0. The third kappa shape index (κ3) is 18.2. The molecule has 0 spiro atoms. The number of unbranched alkanes of at least 4 members (excludes halogenated alkanes) is 9. The summed E-state index contributed by atoms with van der Waals surface area (Å²) >= 11 is 0. The summed E-state index contributed by atoms with van der Waals surface area (Å²) in [6.45, 7) is 4.16. The van der Waals surface area contributed by atoms with E-state index >= 15 is 0 Å². The van der Waals surface area contributed by atoms with Crippen LogP contribution in [0, 0.1) is 0 Å². The summed E-state index contributed by atoms with van der Waals surface area (Å²) < 4.78 is 33.7. The molecule has 1 N–H and O–H groups in total. The smallest absolute Gasteiger partial charge is 0.748 e. The van der Waals surface area contributed by atoms with Crippen LogP contribution < -0.4 is 29.6 Å². The van der Waals surface area contributed by atoms with Crippen molar-refractivity contribution in [2.75, 3.05) is 0 Å². The minimum Gasteiger partial charge on any atom is -0.748 e. The minimum atomic E-state index is -4.13. The normalized spacial score (nSPS) is 14.0.